The fourth-order valence-corrected chi connectivity index (χ4v) is 3.78. The highest BCUT2D eigenvalue weighted by atomic mass is 35.5. The van der Waals surface area contributed by atoms with Gasteiger partial charge in [0.25, 0.3) is 0 Å². The first-order valence-corrected chi connectivity index (χ1v) is 9.77. The first kappa shape index (κ1) is 21.5. The largest absolute Gasteiger partial charge is 0.481 e. The van der Waals surface area contributed by atoms with Gasteiger partial charge in [0.05, 0.1) is 12.1 Å². The molecule has 1 amide bonds. The Morgan fingerprint density at radius 2 is 2.03 bits per heavy atom. The Balaban J connectivity index is 2.04. The number of pyridine rings is 1. The van der Waals surface area contributed by atoms with E-state index in [1.165, 1.54) is 37.3 Å². The molecule has 2 heterocycles. The van der Waals surface area contributed by atoms with Gasteiger partial charge in [-0.2, -0.15) is 0 Å². The molecule has 3 aromatic rings. The van der Waals surface area contributed by atoms with Crippen LogP contribution in [-0.2, 0) is 4.79 Å². The van der Waals surface area contributed by atoms with E-state index in [1.807, 2.05) is 0 Å². The predicted octanol–water partition coefficient (Wildman–Crippen LogP) is 3.16. The van der Waals surface area contributed by atoms with Crippen molar-refractivity contribution in [3.05, 3.63) is 57.8 Å². The Bertz CT molecular complexity index is 1110. The van der Waals surface area contributed by atoms with Gasteiger partial charge in [-0.1, -0.05) is 22.9 Å². The lowest BCUT2D eigenvalue weighted by Crippen LogP contribution is -2.40. The van der Waals surface area contributed by atoms with Crippen LogP contribution in [0.4, 0.5) is 21.0 Å². The molecule has 0 spiro atoms. The number of anilines is 3. The number of nitrogens with zero attached hydrogens (tertiary/aromatic N) is 3. The number of rotatable bonds is 7. The minimum absolute atomic E-state index is 0.0353. The van der Waals surface area contributed by atoms with E-state index in [2.05, 4.69) is 9.97 Å². The Hall–Kier alpha value is -3.24. The van der Waals surface area contributed by atoms with Crippen LogP contribution in [0.2, 0.25) is 5.02 Å². The number of hydrogen-bond donors (Lipinski definition) is 2. The summed E-state index contributed by atoms with van der Waals surface area (Å²) < 4.78 is 19.0. The van der Waals surface area contributed by atoms with Gasteiger partial charge in [0.15, 0.2) is 5.13 Å². The molecule has 2 aromatic heterocycles. The number of ketones is 1. The average molecular weight is 450 g/mol. The summed E-state index contributed by atoms with van der Waals surface area (Å²) in [5.74, 6) is -1.43. The van der Waals surface area contributed by atoms with Gasteiger partial charge in [0.1, 0.15) is 22.6 Å². The molecule has 3 rings (SSSR count). The lowest BCUT2D eigenvalue weighted by Gasteiger charge is -2.26. The average Bonchev–Trinajstić information content (AvgIpc) is 3.11. The zero-order valence-electron chi connectivity index (χ0n) is 15.9. The van der Waals surface area contributed by atoms with Gasteiger partial charge in [0, 0.05) is 23.5 Å². The number of carbonyl (C=O) groups is 2. The molecule has 8 nitrogen and oxygen atoms in total. The number of primary amides is 1. The molecular formula is C19H17ClFN5O3S. The molecule has 30 heavy (non-hydrogen) atoms. The number of thiazole rings is 1. The van der Waals surface area contributed by atoms with Crippen LogP contribution in [0.5, 0.6) is 5.88 Å². The lowest BCUT2D eigenvalue weighted by molar-refractivity contribution is -0.118. The summed E-state index contributed by atoms with van der Waals surface area (Å²) in [5.41, 5.74) is 12.0. The van der Waals surface area contributed by atoms with Crippen LogP contribution in [0.1, 0.15) is 22.2 Å². The molecule has 4 N–H and O–H groups in total. The van der Waals surface area contributed by atoms with E-state index >= 15 is 0 Å². The summed E-state index contributed by atoms with van der Waals surface area (Å²) in [5, 5.41) is 0.122. The summed E-state index contributed by atoms with van der Waals surface area (Å²) in [6.45, 7) is 1.53. The minimum Gasteiger partial charge on any atom is -0.481 e. The molecule has 0 aliphatic rings. The maximum Gasteiger partial charge on any atom is 0.240 e. The molecule has 11 heteroatoms. The second kappa shape index (κ2) is 8.64. The Labute approximate surface area is 180 Å². The highest BCUT2D eigenvalue weighted by Crippen LogP contribution is 2.36. The third kappa shape index (κ3) is 4.19. The monoisotopic (exact) mass is 449 g/mol. The van der Waals surface area contributed by atoms with Crippen molar-refractivity contribution in [2.45, 2.75) is 13.0 Å². The Morgan fingerprint density at radius 3 is 2.60 bits per heavy atom. The van der Waals surface area contributed by atoms with E-state index in [4.69, 9.17) is 27.8 Å². The maximum absolute atomic E-state index is 14.0. The van der Waals surface area contributed by atoms with Crippen molar-refractivity contribution in [3.63, 3.8) is 0 Å². The standard InChI is InChI=1S/C19H17ClFN5O3S/c1-9(18(23)28)26(11-4-5-12(20)13(21)7-11)19-25-17(22)16(30-19)15(27)10-3-6-14(29-2)24-8-10/h3-9H,22H2,1-2H3,(H2,23,28). The van der Waals surface area contributed by atoms with Crippen LogP contribution in [0.3, 0.4) is 0 Å². The molecule has 0 fully saturated rings. The number of nitrogens with two attached hydrogens (primary N) is 2. The molecule has 0 aliphatic heterocycles. The van der Waals surface area contributed by atoms with Crippen molar-refractivity contribution in [3.8, 4) is 5.88 Å². The van der Waals surface area contributed by atoms with E-state index in [9.17, 15) is 14.0 Å². The van der Waals surface area contributed by atoms with E-state index in [0.29, 0.717) is 5.88 Å². The number of amides is 1. The number of aromatic nitrogens is 2. The molecule has 0 saturated carbocycles. The van der Waals surface area contributed by atoms with Gasteiger partial charge >= 0.3 is 0 Å². The van der Waals surface area contributed by atoms with Crippen LogP contribution in [0.15, 0.2) is 36.5 Å². The summed E-state index contributed by atoms with van der Waals surface area (Å²) in [6, 6.07) is 6.20. The number of halogens is 2. The number of carbonyl (C=O) groups excluding carboxylic acids is 2. The van der Waals surface area contributed by atoms with E-state index in [-0.39, 0.29) is 32.1 Å². The maximum atomic E-state index is 14.0. The first-order valence-electron chi connectivity index (χ1n) is 8.57. The highest BCUT2D eigenvalue weighted by molar-refractivity contribution is 7.18. The van der Waals surface area contributed by atoms with Gasteiger partial charge < -0.3 is 21.1 Å². The molecule has 0 saturated heterocycles. The summed E-state index contributed by atoms with van der Waals surface area (Å²) in [4.78, 5) is 34.5. The number of nitrogen functional groups attached to an aromatic ring is 1. The van der Waals surface area contributed by atoms with Gasteiger partial charge in [-0.25, -0.2) is 14.4 Å². The fourth-order valence-electron chi connectivity index (χ4n) is 2.61. The number of benzene rings is 1. The normalized spacial score (nSPS) is 11.7. The highest BCUT2D eigenvalue weighted by Gasteiger charge is 2.28. The van der Waals surface area contributed by atoms with Crippen molar-refractivity contribution in [2.75, 3.05) is 17.7 Å². The smallest absolute Gasteiger partial charge is 0.240 e. The predicted molar refractivity (Wildman–Crippen MR) is 113 cm³/mol. The van der Waals surface area contributed by atoms with Crippen LogP contribution in [-0.4, -0.2) is 34.8 Å². The molecular weight excluding hydrogens is 433 g/mol. The topological polar surface area (TPSA) is 124 Å². The zero-order valence-corrected chi connectivity index (χ0v) is 17.5. The SMILES string of the molecule is COc1ccc(C(=O)c2sc(N(c3ccc(Cl)c(F)c3)C(C)C(N)=O)nc2N)cn1. The molecule has 1 atom stereocenters. The zero-order chi connectivity index (χ0) is 22.0. The van der Waals surface area contributed by atoms with Gasteiger partial charge in [-0.05, 0) is 31.2 Å². The molecule has 1 aromatic carbocycles. The summed E-state index contributed by atoms with van der Waals surface area (Å²) in [7, 11) is 1.46. The number of ether oxygens (including phenoxy) is 1. The van der Waals surface area contributed by atoms with Gasteiger partial charge in [-0.15, -0.1) is 0 Å². The second-order valence-electron chi connectivity index (χ2n) is 6.18. The lowest BCUT2D eigenvalue weighted by atomic mass is 10.1. The first-order chi connectivity index (χ1) is 14.2. The quantitative estimate of drug-likeness (QED) is 0.531. The summed E-state index contributed by atoms with van der Waals surface area (Å²) in [6.07, 6.45) is 1.36. The second-order valence-corrected chi connectivity index (χ2v) is 7.56. The van der Waals surface area contributed by atoms with Gasteiger partial charge in [0.2, 0.25) is 17.6 Å². The Morgan fingerprint density at radius 1 is 1.30 bits per heavy atom. The van der Waals surface area contributed by atoms with Crippen LogP contribution in [0, 0.1) is 5.82 Å². The third-order valence-electron chi connectivity index (χ3n) is 4.24. The van der Waals surface area contributed by atoms with Gasteiger partial charge in [-0.3, -0.25) is 9.59 Å². The Kier molecular flexibility index (Phi) is 6.18. The fraction of sp³-hybridized carbons (Fsp3) is 0.158. The van der Waals surface area contributed by atoms with Crippen molar-refractivity contribution in [1.29, 1.82) is 0 Å². The molecule has 0 bridgehead atoms. The van der Waals surface area contributed by atoms with E-state index in [1.54, 1.807) is 12.1 Å². The number of hydrogen-bond acceptors (Lipinski definition) is 8. The minimum atomic E-state index is -0.901. The van der Waals surface area contributed by atoms with Crippen molar-refractivity contribution in [1.82, 2.24) is 9.97 Å². The van der Waals surface area contributed by atoms with Crippen molar-refractivity contribution in [2.24, 2.45) is 5.73 Å². The molecule has 0 radical (unpaired) electrons. The molecule has 0 aliphatic carbocycles. The van der Waals surface area contributed by atoms with E-state index < -0.39 is 23.5 Å². The van der Waals surface area contributed by atoms with Crippen LogP contribution >= 0.6 is 22.9 Å². The molecule has 1 unspecified atom stereocenters. The molecule has 156 valence electrons. The van der Waals surface area contributed by atoms with Crippen molar-refractivity contribution >= 4 is 51.3 Å². The number of methoxy groups -OCH3 is 1. The van der Waals surface area contributed by atoms with Crippen LogP contribution in [0.25, 0.3) is 0 Å². The third-order valence-corrected chi connectivity index (χ3v) is 5.62. The van der Waals surface area contributed by atoms with Crippen LogP contribution < -0.4 is 21.1 Å². The van der Waals surface area contributed by atoms with Crippen molar-refractivity contribution < 1.29 is 18.7 Å². The van der Waals surface area contributed by atoms with E-state index in [0.717, 1.165) is 17.4 Å². The summed E-state index contributed by atoms with van der Waals surface area (Å²) >= 11 is 6.71.